The average Bonchev–Trinajstić information content (AvgIpc) is 3.34. The molecule has 0 radical (unpaired) electrons. The fraction of sp³-hybridized carbons (Fsp3) is 0.308. The third-order valence-electron chi connectivity index (χ3n) is 6.19. The predicted octanol–water partition coefficient (Wildman–Crippen LogP) is 4.71. The van der Waals surface area contributed by atoms with Crippen LogP contribution < -0.4 is 18.9 Å². The highest BCUT2D eigenvalue weighted by molar-refractivity contribution is 7.89. The quantitative estimate of drug-likeness (QED) is 0.503. The van der Waals surface area contributed by atoms with E-state index in [0.29, 0.717) is 17.2 Å². The molecule has 8 heteroatoms. The number of likely N-dealkylation sites (tertiary alicyclic amines) is 1. The molecular weight excluding hydrogens is 452 g/mol. The van der Waals surface area contributed by atoms with Crippen molar-refractivity contribution < 1.29 is 22.6 Å². The molecule has 3 aromatic rings. The lowest BCUT2D eigenvalue weighted by molar-refractivity contribution is 0.164. The van der Waals surface area contributed by atoms with Gasteiger partial charge in [-0.3, -0.25) is 4.90 Å². The summed E-state index contributed by atoms with van der Waals surface area (Å²) < 4.78 is 45.8. The first kappa shape index (κ1) is 22.7. The van der Waals surface area contributed by atoms with Crippen molar-refractivity contribution in [1.29, 1.82) is 0 Å². The van der Waals surface area contributed by atoms with E-state index in [1.54, 1.807) is 24.3 Å². The van der Waals surface area contributed by atoms with E-state index >= 15 is 0 Å². The monoisotopic (exact) mass is 480 g/mol. The molecule has 2 aliphatic rings. The Balaban J connectivity index is 1.31. The number of fused-ring (bicyclic) bond motifs is 1. The van der Waals surface area contributed by atoms with Crippen LogP contribution in [-0.2, 0) is 10.0 Å². The Labute approximate surface area is 200 Å². The number of ether oxygens (including phenoxy) is 3. The van der Waals surface area contributed by atoms with E-state index in [1.165, 1.54) is 6.42 Å². The van der Waals surface area contributed by atoms with E-state index in [2.05, 4.69) is 9.62 Å². The molecule has 1 saturated heterocycles. The highest BCUT2D eigenvalue weighted by Crippen LogP contribution is 2.36. The first-order chi connectivity index (χ1) is 16.6. The van der Waals surface area contributed by atoms with E-state index in [9.17, 15) is 8.42 Å². The maximum atomic E-state index is 13.1. The molecular formula is C26H28N2O5S. The van der Waals surface area contributed by atoms with Gasteiger partial charge in [0.05, 0.1) is 4.90 Å². The minimum absolute atomic E-state index is 0.0923. The van der Waals surface area contributed by atoms with Gasteiger partial charge in [-0.25, -0.2) is 13.1 Å². The van der Waals surface area contributed by atoms with Crippen molar-refractivity contribution in [3.8, 4) is 23.0 Å². The molecule has 0 aliphatic carbocycles. The SMILES string of the molecule is O=S(=O)(NCC(c1ccc2c(c1)OCO2)N1CCCCC1)c1ccc(Oc2ccccc2)cc1. The Morgan fingerprint density at radius 3 is 2.32 bits per heavy atom. The number of para-hydroxylation sites is 1. The lowest BCUT2D eigenvalue weighted by Gasteiger charge is -2.35. The zero-order valence-corrected chi connectivity index (χ0v) is 19.7. The van der Waals surface area contributed by atoms with Gasteiger partial charge in [0, 0.05) is 12.6 Å². The number of hydrogen-bond donors (Lipinski definition) is 1. The van der Waals surface area contributed by atoms with Gasteiger partial charge in [0.25, 0.3) is 0 Å². The molecule has 3 aromatic carbocycles. The second kappa shape index (κ2) is 10.0. The molecule has 7 nitrogen and oxygen atoms in total. The number of piperidine rings is 1. The molecule has 0 saturated carbocycles. The summed E-state index contributed by atoms with van der Waals surface area (Å²) >= 11 is 0. The molecule has 34 heavy (non-hydrogen) atoms. The van der Waals surface area contributed by atoms with Gasteiger partial charge in [0.15, 0.2) is 11.5 Å². The molecule has 0 bridgehead atoms. The summed E-state index contributed by atoms with van der Waals surface area (Å²) in [6.45, 7) is 2.35. The standard InChI is InChI=1S/C26H28N2O5S/c29-34(30,23-12-10-22(11-13-23)33-21-7-3-1-4-8-21)27-18-24(28-15-5-2-6-16-28)20-9-14-25-26(17-20)32-19-31-25/h1,3-4,7-14,17,24,27H,2,5-6,15-16,18-19H2. The van der Waals surface area contributed by atoms with Crippen LogP contribution in [-0.4, -0.2) is 39.7 Å². The van der Waals surface area contributed by atoms with Crippen molar-refractivity contribution in [2.24, 2.45) is 0 Å². The number of nitrogens with zero attached hydrogens (tertiary/aromatic N) is 1. The van der Waals surface area contributed by atoms with Crippen molar-refractivity contribution in [1.82, 2.24) is 9.62 Å². The number of rotatable bonds is 8. The number of sulfonamides is 1. The third-order valence-corrected chi connectivity index (χ3v) is 7.63. The summed E-state index contributed by atoms with van der Waals surface area (Å²) in [6, 6.07) is 21.6. The molecule has 2 aliphatic heterocycles. The Kier molecular flexibility index (Phi) is 6.71. The van der Waals surface area contributed by atoms with Crippen molar-refractivity contribution in [2.75, 3.05) is 26.4 Å². The van der Waals surface area contributed by atoms with Crippen LogP contribution in [0.5, 0.6) is 23.0 Å². The summed E-state index contributed by atoms with van der Waals surface area (Å²) in [4.78, 5) is 2.55. The molecule has 0 aromatic heterocycles. The molecule has 1 atom stereocenters. The Bertz CT molecular complexity index is 1210. The first-order valence-electron chi connectivity index (χ1n) is 11.5. The average molecular weight is 481 g/mol. The maximum absolute atomic E-state index is 13.1. The van der Waals surface area contributed by atoms with Gasteiger partial charge in [-0.2, -0.15) is 0 Å². The summed E-state index contributed by atoms with van der Waals surface area (Å²) in [6.07, 6.45) is 3.42. The number of benzene rings is 3. The second-order valence-electron chi connectivity index (χ2n) is 8.46. The maximum Gasteiger partial charge on any atom is 0.240 e. The zero-order chi connectivity index (χ0) is 23.4. The molecule has 1 N–H and O–H groups in total. The minimum atomic E-state index is -3.69. The molecule has 2 heterocycles. The highest BCUT2D eigenvalue weighted by atomic mass is 32.2. The second-order valence-corrected chi connectivity index (χ2v) is 10.2. The van der Waals surface area contributed by atoms with Gasteiger partial charge in [-0.1, -0.05) is 30.7 Å². The van der Waals surface area contributed by atoms with Gasteiger partial charge in [0.1, 0.15) is 11.5 Å². The van der Waals surface area contributed by atoms with Crippen LogP contribution in [0.25, 0.3) is 0 Å². The van der Waals surface area contributed by atoms with Gasteiger partial charge < -0.3 is 14.2 Å². The van der Waals surface area contributed by atoms with Crippen molar-refractivity contribution in [3.05, 3.63) is 78.4 Å². The molecule has 1 fully saturated rings. The number of hydrogen-bond acceptors (Lipinski definition) is 6. The molecule has 1 unspecified atom stereocenters. The van der Waals surface area contributed by atoms with Crippen LogP contribution in [0.4, 0.5) is 0 Å². The normalized spacial score (nSPS) is 16.8. The Morgan fingerprint density at radius 2 is 1.56 bits per heavy atom. The number of nitrogens with one attached hydrogen (secondary N) is 1. The third kappa shape index (κ3) is 5.19. The summed E-state index contributed by atoms with van der Waals surface area (Å²) in [5.41, 5.74) is 1.01. The van der Waals surface area contributed by atoms with E-state index < -0.39 is 10.0 Å². The van der Waals surface area contributed by atoms with E-state index in [-0.39, 0.29) is 24.3 Å². The Hall–Kier alpha value is -3.07. The topological polar surface area (TPSA) is 77.1 Å². The highest BCUT2D eigenvalue weighted by Gasteiger charge is 2.26. The van der Waals surface area contributed by atoms with Crippen LogP contribution in [0.15, 0.2) is 77.7 Å². The summed E-state index contributed by atoms with van der Waals surface area (Å²) in [7, 11) is -3.69. The molecule has 0 amide bonds. The van der Waals surface area contributed by atoms with E-state index in [4.69, 9.17) is 14.2 Å². The van der Waals surface area contributed by atoms with Crippen molar-refractivity contribution in [2.45, 2.75) is 30.2 Å². The van der Waals surface area contributed by atoms with Crippen LogP contribution in [0.3, 0.4) is 0 Å². The minimum Gasteiger partial charge on any atom is -0.457 e. The fourth-order valence-electron chi connectivity index (χ4n) is 4.39. The van der Waals surface area contributed by atoms with Gasteiger partial charge in [-0.15, -0.1) is 0 Å². The van der Waals surface area contributed by atoms with Gasteiger partial charge >= 0.3 is 0 Å². The summed E-state index contributed by atoms with van der Waals surface area (Å²) in [5, 5.41) is 0. The van der Waals surface area contributed by atoms with E-state index in [1.807, 2.05) is 48.5 Å². The van der Waals surface area contributed by atoms with Crippen molar-refractivity contribution >= 4 is 10.0 Å². The molecule has 5 rings (SSSR count). The van der Waals surface area contributed by atoms with Crippen molar-refractivity contribution in [3.63, 3.8) is 0 Å². The lowest BCUT2D eigenvalue weighted by Crippen LogP contribution is -2.40. The first-order valence-corrected chi connectivity index (χ1v) is 13.0. The Morgan fingerprint density at radius 1 is 0.853 bits per heavy atom. The van der Waals surface area contributed by atoms with Gasteiger partial charge in [-0.05, 0) is 80.0 Å². The summed E-state index contributed by atoms with van der Waals surface area (Å²) in [5.74, 6) is 2.71. The van der Waals surface area contributed by atoms with Crippen LogP contribution in [0.2, 0.25) is 0 Å². The largest absolute Gasteiger partial charge is 0.457 e. The molecule has 0 spiro atoms. The molecule has 178 valence electrons. The predicted molar refractivity (Wildman–Crippen MR) is 129 cm³/mol. The van der Waals surface area contributed by atoms with Gasteiger partial charge in [0.2, 0.25) is 16.8 Å². The van der Waals surface area contributed by atoms with E-state index in [0.717, 1.165) is 37.2 Å². The van der Waals surface area contributed by atoms with Crippen LogP contribution in [0, 0.1) is 0 Å². The zero-order valence-electron chi connectivity index (χ0n) is 18.9. The fourth-order valence-corrected chi connectivity index (χ4v) is 5.43. The smallest absolute Gasteiger partial charge is 0.240 e. The van der Waals surface area contributed by atoms with Crippen LogP contribution in [0.1, 0.15) is 30.9 Å². The lowest BCUT2D eigenvalue weighted by atomic mass is 10.0. The van der Waals surface area contributed by atoms with Crippen LogP contribution >= 0.6 is 0 Å².